The summed E-state index contributed by atoms with van der Waals surface area (Å²) >= 11 is 0. The molecular weight excluding hydrogens is 223 g/mol. The number of non-ortho nitro benzene ring substituents is 1. The highest BCUT2D eigenvalue weighted by molar-refractivity contribution is 5.35. The molecule has 0 amide bonds. The Morgan fingerprint density at radius 2 is 2.06 bits per heavy atom. The Hall–Kier alpha value is -1.75. The van der Waals surface area contributed by atoms with Crippen LogP contribution in [0, 0.1) is 15.9 Å². The Balaban J connectivity index is 2.02. The molecule has 4 nitrogen and oxygen atoms in total. The van der Waals surface area contributed by atoms with Gasteiger partial charge in [0.1, 0.15) is 5.82 Å². The van der Waals surface area contributed by atoms with Crippen LogP contribution in [0.15, 0.2) is 30.4 Å². The van der Waals surface area contributed by atoms with Crippen LogP contribution in [0.2, 0.25) is 0 Å². The molecule has 0 atom stereocenters. The number of nitro groups is 1. The summed E-state index contributed by atoms with van der Waals surface area (Å²) in [6.07, 6.45) is 6.09. The summed E-state index contributed by atoms with van der Waals surface area (Å²) in [5.74, 6) is -0.569. The predicted octanol–water partition coefficient (Wildman–Crippen LogP) is 2.54. The number of nitrogens with zero attached hydrogens (tertiary/aromatic N) is 1. The van der Waals surface area contributed by atoms with Crippen LogP contribution < -0.4 is 5.32 Å². The van der Waals surface area contributed by atoms with E-state index in [-0.39, 0.29) is 5.69 Å². The van der Waals surface area contributed by atoms with Crippen molar-refractivity contribution in [3.8, 4) is 0 Å². The van der Waals surface area contributed by atoms with E-state index in [4.69, 9.17) is 0 Å². The number of nitrogens with one attached hydrogen (secondary N) is 1. The van der Waals surface area contributed by atoms with Gasteiger partial charge in [-0.25, -0.2) is 4.39 Å². The molecule has 0 saturated carbocycles. The second kappa shape index (κ2) is 5.05. The largest absolute Gasteiger partial charge is 0.309 e. The first kappa shape index (κ1) is 11.7. The number of benzene rings is 1. The average Bonchev–Trinajstić information content (AvgIpc) is 2.78. The normalized spacial score (nSPS) is 15.4. The van der Waals surface area contributed by atoms with E-state index < -0.39 is 10.7 Å². The molecule has 1 aromatic rings. The highest BCUT2D eigenvalue weighted by Gasteiger charge is 2.12. The van der Waals surface area contributed by atoms with Crippen LogP contribution in [0.25, 0.3) is 0 Å². The molecule has 0 fully saturated rings. The molecule has 0 unspecified atom stereocenters. The van der Waals surface area contributed by atoms with Crippen LogP contribution in [0.5, 0.6) is 0 Å². The number of hydrogen-bond donors (Lipinski definition) is 1. The third kappa shape index (κ3) is 3.10. The van der Waals surface area contributed by atoms with E-state index in [9.17, 15) is 14.5 Å². The lowest BCUT2D eigenvalue weighted by atomic mass is 10.1. The Morgan fingerprint density at radius 3 is 2.71 bits per heavy atom. The van der Waals surface area contributed by atoms with Crippen LogP contribution in [0.1, 0.15) is 18.4 Å². The molecule has 1 N–H and O–H groups in total. The maximum absolute atomic E-state index is 13.1. The highest BCUT2D eigenvalue weighted by Crippen LogP contribution is 2.17. The third-order valence-electron chi connectivity index (χ3n) is 2.76. The molecular formula is C12H13FN2O2. The van der Waals surface area contributed by atoms with Crippen LogP contribution in [0.4, 0.5) is 10.1 Å². The number of rotatable bonds is 4. The fraction of sp³-hybridized carbons (Fsp3) is 0.333. The van der Waals surface area contributed by atoms with Gasteiger partial charge in [0.2, 0.25) is 0 Å². The summed E-state index contributed by atoms with van der Waals surface area (Å²) in [6.45, 7) is 0.449. The monoisotopic (exact) mass is 236 g/mol. The van der Waals surface area contributed by atoms with Gasteiger partial charge in [0.15, 0.2) is 0 Å². The molecule has 0 bridgehead atoms. The molecule has 0 spiro atoms. The van der Waals surface area contributed by atoms with Crippen molar-refractivity contribution in [2.24, 2.45) is 0 Å². The maximum atomic E-state index is 13.1. The minimum absolute atomic E-state index is 0.202. The topological polar surface area (TPSA) is 55.2 Å². The lowest BCUT2D eigenvalue weighted by Gasteiger charge is -2.11. The van der Waals surface area contributed by atoms with Gasteiger partial charge in [-0.15, -0.1) is 0 Å². The van der Waals surface area contributed by atoms with Gasteiger partial charge in [-0.1, -0.05) is 12.2 Å². The second-order valence-corrected chi connectivity index (χ2v) is 4.10. The first-order valence-corrected chi connectivity index (χ1v) is 5.47. The van der Waals surface area contributed by atoms with Gasteiger partial charge < -0.3 is 5.32 Å². The predicted molar refractivity (Wildman–Crippen MR) is 62.1 cm³/mol. The fourth-order valence-corrected chi connectivity index (χ4v) is 1.89. The van der Waals surface area contributed by atoms with Gasteiger partial charge in [0.05, 0.1) is 11.0 Å². The number of halogens is 1. The summed E-state index contributed by atoms with van der Waals surface area (Å²) in [5.41, 5.74) is 0.398. The van der Waals surface area contributed by atoms with E-state index in [0.29, 0.717) is 18.2 Å². The molecule has 1 aliphatic rings. The average molecular weight is 236 g/mol. The van der Waals surface area contributed by atoms with E-state index in [1.54, 1.807) is 0 Å². The lowest BCUT2D eigenvalue weighted by Crippen LogP contribution is -2.25. The maximum Gasteiger partial charge on any atom is 0.272 e. The molecule has 0 saturated heterocycles. The van der Waals surface area contributed by atoms with E-state index in [1.165, 1.54) is 12.1 Å². The minimum Gasteiger partial charge on any atom is -0.309 e. The molecule has 90 valence electrons. The van der Waals surface area contributed by atoms with Gasteiger partial charge in [-0.3, -0.25) is 10.1 Å². The zero-order valence-electron chi connectivity index (χ0n) is 9.23. The van der Waals surface area contributed by atoms with Gasteiger partial charge >= 0.3 is 0 Å². The summed E-state index contributed by atoms with van der Waals surface area (Å²) in [6, 6.07) is 4.01. The van der Waals surface area contributed by atoms with Crippen LogP contribution in [-0.4, -0.2) is 11.0 Å². The Bertz CT molecular complexity index is 452. The SMILES string of the molecule is O=[N+]([O-])c1cc(F)cc(CNC2CC=CC2)c1. The molecule has 1 aliphatic carbocycles. The lowest BCUT2D eigenvalue weighted by molar-refractivity contribution is -0.385. The minimum atomic E-state index is -0.580. The Labute approximate surface area is 98.3 Å². The summed E-state index contributed by atoms with van der Waals surface area (Å²) in [4.78, 5) is 9.99. The van der Waals surface area contributed by atoms with E-state index in [2.05, 4.69) is 17.5 Å². The molecule has 0 aliphatic heterocycles. The summed E-state index contributed by atoms with van der Waals surface area (Å²) in [5, 5.41) is 13.8. The summed E-state index contributed by atoms with van der Waals surface area (Å²) in [7, 11) is 0. The quantitative estimate of drug-likeness (QED) is 0.496. The van der Waals surface area contributed by atoms with Gasteiger partial charge in [0.25, 0.3) is 5.69 Å². The number of nitro benzene ring substituents is 1. The van der Waals surface area contributed by atoms with Gasteiger partial charge in [0, 0.05) is 18.7 Å². The molecule has 0 aromatic heterocycles. The van der Waals surface area contributed by atoms with Crippen molar-refractivity contribution in [2.45, 2.75) is 25.4 Å². The zero-order valence-corrected chi connectivity index (χ0v) is 9.23. The van der Waals surface area contributed by atoms with E-state index >= 15 is 0 Å². The smallest absolute Gasteiger partial charge is 0.272 e. The zero-order chi connectivity index (χ0) is 12.3. The molecule has 5 heteroatoms. The van der Waals surface area contributed by atoms with Crippen molar-refractivity contribution in [3.63, 3.8) is 0 Å². The number of hydrogen-bond acceptors (Lipinski definition) is 3. The Kier molecular flexibility index (Phi) is 3.49. The van der Waals surface area contributed by atoms with E-state index in [1.807, 2.05) is 0 Å². The first-order valence-electron chi connectivity index (χ1n) is 5.47. The fourth-order valence-electron chi connectivity index (χ4n) is 1.89. The molecule has 2 rings (SSSR count). The molecule has 1 aromatic carbocycles. The molecule has 17 heavy (non-hydrogen) atoms. The van der Waals surface area contributed by atoms with Crippen molar-refractivity contribution < 1.29 is 9.31 Å². The summed E-state index contributed by atoms with van der Waals surface area (Å²) < 4.78 is 13.1. The third-order valence-corrected chi connectivity index (χ3v) is 2.76. The molecule has 0 heterocycles. The van der Waals surface area contributed by atoms with Crippen LogP contribution >= 0.6 is 0 Å². The van der Waals surface area contributed by atoms with Gasteiger partial charge in [-0.05, 0) is 24.5 Å². The van der Waals surface area contributed by atoms with Crippen molar-refractivity contribution >= 4 is 5.69 Å². The second-order valence-electron chi connectivity index (χ2n) is 4.10. The van der Waals surface area contributed by atoms with Crippen LogP contribution in [-0.2, 0) is 6.54 Å². The van der Waals surface area contributed by atoms with Crippen molar-refractivity contribution in [1.82, 2.24) is 5.32 Å². The standard InChI is InChI=1S/C12H13FN2O2/c13-10-5-9(6-12(7-10)15(16)17)8-14-11-3-1-2-4-11/h1-2,5-7,11,14H,3-4,8H2. The first-order chi connectivity index (χ1) is 8.15. The van der Waals surface area contributed by atoms with Crippen LogP contribution in [0.3, 0.4) is 0 Å². The van der Waals surface area contributed by atoms with E-state index in [0.717, 1.165) is 18.9 Å². The van der Waals surface area contributed by atoms with Gasteiger partial charge in [-0.2, -0.15) is 0 Å². The Morgan fingerprint density at radius 1 is 1.35 bits per heavy atom. The van der Waals surface area contributed by atoms with Crippen molar-refractivity contribution in [3.05, 3.63) is 51.8 Å². The highest BCUT2D eigenvalue weighted by atomic mass is 19.1. The molecule has 0 radical (unpaired) electrons. The van der Waals surface area contributed by atoms with Crippen molar-refractivity contribution in [2.75, 3.05) is 0 Å². The van der Waals surface area contributed by atoms with Crippen molar-refractivity contribution in [1.29, 1.82) is 0 Å².